The minimum Gasteiger partial charge on any atom is -0.507 e. The van der Waals surface area contributed by atoms with Gasteiger partial charge in [-0.2, -0.15) is 0 Å². The lowest BCUT2D eigenvalue weighted by Gasteiger charge is -2.14. The summed E-state index contributed by atoms with van der Waals surface area (Å²) in [4.78, 5) is 22.7. The molecule has 0 radical (unpaired) electrons. The summed E-state index contributed by atoms with van der Waals surface area (Å²) in [6.45, 7) is 4.33. The predicted octanol–water partition coefficient (Wildman–Crippen LogP) is 3.97. The van der Waals surface area contributed by atoms with E-state index in [1.807, 2.05) is 30.3 Å². The van der Waals surface area contributed by atoms with Crippen LogP contribution in [0.15, 0.2) is 60.7 Å². The third-order valence-corrected chi connectivity index (χ3v) is 5.31. The minimum absolute atomic E-state index is 0.0251. The summed E-state index contributed by atoms with van der Waals surface area (Å²) in [5.74, 6) is -1.18. The number of benzene rings is 3. The predicted molar refractivity (Wildman–Crippen MR) is 117 cm³/mol. The first-order valence-electron chi connectivity index (χ1n) is 9.91. The van der Waals surface area contributed by atoms with E-state index in [1.54, 1.807) is 25.1 Å². The third kappa shape index (κ3) is 5.17. The van der Waals surface area contributed by atoms with E-state index in [0.717, 1.165) is 11.1 Å². The van der Waals surface area contributed by atoms with Gasteiger partial charge in [-0.05, 0) is 59.9 Å². The van der Waals surface area contributed by atoms with Crippen LogP contribution in [0, 0.1) is 6.92 Å². The van der Waals surface area contributed by atoms with Crippen molar-refractivity contribution in [2.45, 2.75) is 33.0 Å². The maximum atomic E-state index is 11.5. The van der Waals surface area contributed by atoms with E-state index in [4.69, 9.17) is 5.11 Å². The van der Waals surface area contributed by atoms with Crippen molar-refractivity contribution in [3.05, 3.63) is 99.6 Å². The molecule has 0 bridgehead atoms. The number of nitrogens with one attached hydrogen (secondary N) is 1. The molecule has 160 valence electrons. The number of carbonyl (C=O) groups is 2. The zero-order valence-corrected chi connectivity index (χ0v) is 17.4. The summed E-state index contributed by atoms with van der Waals surface area (Å²) < 4.78 is 0. The van der Waals surface area contributed by atoms with Gasteiger partial charge in [0.1, 0.15) is 11.9 Å². The lowest BCUT2D eigenvalue weighted by atomic mass is 9.98. The molecule has 0 heterocycles. The third-order valence-electron chi connectivity index (χ3n) is 5.31. The highest BCUT2D eigenvalue weighted by Gasteiger charge is 2.14. The van der Waals surface area contributed by atoms with Gasteiger partial charge in [0.05, 0.1) is 11.1 Å². The molecule has 3 aromatic carbocycles. The topological polar surface area (TPSA) is 107 Å². The molecular formula is C25H25NO5. The summed E-state index contributed by atoms with van der Waals surface area (Å²) >= 11 is 0. The average Bonchev–Trinajstić information content (AvgIpc) is 2.76. The SMILES string of the molecule is CC(=O)c1ccc(CNCc2ccc(C(O)c3cccc(C(=O)O)c3)cc2)c(C)c1O. The van der Waals surface area contributed by atoms with E-state index in [-0.39, 0.29) is 17.1 Å². The summed E-state index contributed by atoms with van der Waals surface area (Å²) in [6.07, 6.45) is -0.910. The highest BCUT2D eigenvalue weighted by atomic mass is 16.4. The second-order valence-electron chi connectivity index (χ2n) is 7.48. The lowest BCUT2D eigenvalue weighted by molar-refractivity contribution is 0.0696. The Morgan fingerprint density at radius 1 is 0.968 bits per heavy atom. The van der Waals surface area contributed by atoms with E-state index in [1.165, 1.54) is 19.1 Å². The van der Waals surface area contributed by atoms with Crippen LogP contribution in [0.3, 0.4) is 0 Å². The van der Waals surface area contributed by atoms with Gasteiger partial charge >= 0.3 is 5.97 Å². The maximum absolute atomic E-state index is 11.5. The number of Topliss-reactive ketones (excluding diaryl/α,β-unsaturated/α-hetero) is 1. The Bertz CT molecular complexity index is 1110. The Morgan fingerprint density at radius 2 is 1.68 bits per heavy atom. The molecule has 3 aromatic rings. The van der Waals surface area contributed by atoms with Crippen LogP contribution in [0.5, 0.6) is 5.75 Å². The maximum Gasteiger partial charge on any atom is 0.335 e. The normalized spacial score (nSPS) is 11.8. The van der Waals surface area contributed by atoms with Crippen LogP contribution < -0.4 is 5.32 Å². The zero-order chi connectivity index (χ0) is 22.5. The molecule has 0 aliphatic rings. The van der Waals surface area contributed by atoms with Crippen LogP contribution in [0.2, 0.25) is 0 Å². The van der Waals surface area contributed by atoms with Crippen LogP contribution >= 0.6 is 0 Å². The quantitative estimate of drug-likeness (QED) is 0.412. The molecule has 6 heteroatoms. The van der Waals surface area contributed by atoms with Gasteiger partial charge in [-0.25, -0.2) is 4.79 Å². The van der Waals surface area contributed by atoms with Gasteiger partial charge in [0.25, 0.3) is 0 Å². The Balaban J connectivity index is 1.62. The summed E-state index contributed by atoms with van der Waals surface area (Å²) in [7, 11) is 0. The number of aromatic hydroxyl groups is 1. The summed E-state index contributed by atoms with van der Waals surface area (Å²) in [5, 5.41) is 33.2. The monoisotopic (exact) mass is 419 g/mol. The zero-order valence-electron chi connectivity index (χ0n) is 17.4. The van der Waals surface area contributed by atoms with Gasteiger partial charge in [0.15, 0.2) is 5.78 Å². The molecule has 6 nitrogen and oxygen atoms in total. The minimum atomic E-state index is -1.03. The number of aliphatic hydroxyl groups excluding tert-OH is 1. The molecule has 0 saturated carbocycles. The van der Waals surface area contributed by atoms with Crippen molar-refractivity contribution in [2.75, 3.05) is 0 Å². The van der Waals surface area contributed by atoms with Crippen LogP contribution in [0.25, 0.3) is 0 Å². The van der Waals surface area contributed by atoms with Crippen LogP contribution in [-0.4, -0.2) is 27.1 Å². The van der Waals surface area contributed by atoms with Gasteiger partial charge in [0, 0.05) is 13.1 Å². The van der Waals surface area contributed by atoms with Crippen LogP contribution in [0.1, 0.15) is 61.6 Å². The van der Waals surface area contributed by atoms with Crippen LogP contribution in [-0.2, 0) is 13.1 Å². The highest BCUT2D eigenvalue weighted by molar-refractivity contribution is 5.97. The first kappa shape index (κ1) is 22.2. The number of phenolic OH excluding ortho intramolecular Hbond substituents is 1. The standard InChI is InChI=1S/C25H25NO5/c1-15-21(10-11-22(16(2)27)23(15)28)14-26-13-17-6-8-18(9-7-17)24(29)19-4-3-5-20(12-19)25(30)31/h3-12,24,26,28-29H,13-14H2,1-2H3,(H,30,31). The number of rotatable bonds is 8. The fourth-order valence-corrected chi connectivity index (χ4v) is 3.41. The van der Waals surface area contributed by atoms with E-state index in [0.29, 0.717) is 35.3 Å². The fraction of sp³-hybridized carbons (Fsp3) is 0.200. The van der Waals surface area contributed by atoms with E-state index < -0.39 is 12.1 Å². The van der Waals surface area contributed by atoms with Crippen LogP contribution in [0.4, 0.5) is 0 Å². The van der Waals surface area contributed by atoms with Gasteiger partial charge in [-0.3, -0.25) is 4.79 Å². The Labute approximate surface area is 180 Å². The molecule has 1 unspecified atom stereocenters. The number of aliphatic hydroxyl groups is 1. The van der Waals surface area contributed by atoms with Crippen molar-refractivity contribution >= 4 is 11.8 Å². The smallest absolute Gasteiger partial charge is 0.335 e. The molecule has 0 aliphatic heterocycles. The number of carbonyl (C=O) groups excluding carboxylic acids is 1. The number of carboxylic acids is 1. The Kier molecular flexibility index (Phi) is 6.84. The fourth-order valence-electron chi connectivity index (χ4n) is 3.41. The van der Waals surface area contributed by atoms with Crippen molar-refractivity contribution in [2.24, 2.45) is 0 Å². The summed E-state index contributed by atoms with van der Waals surface area (Å²) in [5.41, 5.74) is 4.26. The van der Waals surface area contributed by atoms with Gasteiger partial charge in [0.2, 0.25) is 0 Å². The molecule has 31 heavy (non-hydrogen) atoms. The number of carboxylic acid groups (broad SMARTS) is 1. The molecule has 0 fully saturated rings. The average molecular weight is 419 g/mol. The number of hydrogen-bond donors (Lipinski definition) is 4. The molecule has 3 rings (SSSR count). The Morgan fingerprint density at radius 3 is 2.32 bits per heavy atom. The van der Waals surface area contributed by atoms with Crippen molar-refractivity contribution in [1.82, 2.24) is 5.32 Å². The molecule has 0 saturated heterocycles. The number of aromatic carboxylic acids is 1. The first-order chi connectivity index (χ1) is 14.8. The molecule has 0 aromatic heterocycles. The van der Waals surface area contributed by atoms with Gasteiger partial charge in [-0.15, -0.1) is 0 Å². The molecule has 1 atom stereocenters. The van der Waals surface area contributed by atoms with Crippen molar-refractivity contribution in [3.63, 3.8) is 0 Å². The van der Waals surface area contributed by atoms with Crippen molar-refractivity contribution in [1.29, 1.82) is 0 Å². The molecule has 0 amide bonds. The van der Waals surface area contributed by atoms with Crippen molar-refractivity contribution in [3.8, 4) is 5.75 Å². The first-order valence-corrected chi connectivity index (χ1v) is 9.91. The second kappa shape index (κ2) is 9.55. The summed E-state index contributed by atoms with van der Waals surface area (Å²) in [6, 6.07) is 17.2. The molecular weight excluding hydrogens is 394 g/mol. The van der Waals surface area contributed by atoms with Gasteiger partial charge in [-0.1, -0.05) is 42.5 Å². The largest absolute Gasteiger partial charge is 0.507 e. The van der Waals surface area contributed by atoms with E-state index >= 15 is 0 Å². The molecule has 0 spiro atoms. The Hall–Kier alpha value is -3.48. The molecule has 0 aliphatic carbocycles. The van der Waals surface area contributed by atoms with Gasteiger partial charge < -0.3 is 20.6 Å². The van der Waals surface area contributed by atoms with E-state index in [2.05, 4.69) is 5.32 Å². The number of hydrogen-bond acceptors (Lipinski definition) is 5. The lowest BCUT2D eigenvalue weighted by Crippen LogP contribution is -2.14. The van der Waals surface area contributed by atoms with E-state index in [9.17, 15) is 19.8 Å². The highest BCUT2D eigenvalue weighted by Crippen LogP contribution is 2.26. The second-order valence-corrected chi connectivity index (χ2v) is 7.48. The number of phenols is 1. The molecule has 4 N–H and O–H groups in total. The van der Waals surface area contributed by atoms with Crippen molar-refractivity contribution < 1.29 is 24.9 Å². The number of ketones is 1.